The molecule has 0 fully saturated rings. The molecule has 0 aliphatic carbocycles. The summed E-state index contributed by atoms with van der Waals surface area (Å²) in [5, 5.41) is 0. The van der Waals surface area contributed by atoms with Crippen LogP contribution < -0.4 is 10.6 Å². The van der Waals surface area contributed by atoms with Crippen LogP contribution in [0.3, 0.4) is 0 Å². The van der Waals surface area contributed by atoms with Gasteiger partial charge in [0.05, 0.1) is 0 Å². The van der Waals surface area contributed by atoms with Crippen molar-refractivity contribution in [2.75, 3.05) is 18.5 Å². The van der Waals surface area contributed by atoms with Crippen LogP contribution in [-0.2, 0) is 6.54 Å². The zero-order valence-electron chi connectivity index (χ0n) is 10.0. The molecule has 0 saturated carbocycles. The van der Waals surface area contributed by atoms with E-state index in [4.69, 9.17) is 5.73 Å². The molecule has 0 aromatic heterocycles. The highest BCUT2D eigenvalue weighted by Crippen LogP contribution is 2.14. The van der Waals surface area contributed by atoms with Crippen LogP contribution in [0.2, 0.25) is 0 Å². The molecule has 0 spiro atoms. The number of rotatable bonds is 5. The molecule has 1 aromatic rings. The Bertz CT molecular complexity index is 277. The number of nitrogens with two attached hydrogens (primary N) is 1. The number of nitrogens with zero attached hydrogens (tertiary/aromatic N) is 1. The molecular formula is C13H22N2. The summed E-state index contributed by atoms with van der Waals surface area (Å²) in [5.41, 5.74) is 8.02. The van der Waals surface area contributed by atoms with E-state index >= 15 is 0 Å². The van der Waals surface area contributed by atoms with Crippen molar-refractivity contribution < 1.29 is 0 Å². The summed E-state index contributed by atoms with van der Waals surface area (Å²) in [7, 11) is 2.14. The molecule has 0 atom stereocenters. The van der Waals surface area contributed by atoms with Crippen molar-refractivity contribution >= 4 is 5.69 Å². The van der Waals surface area contributed by atoms with E-state index in [2.05, 4.69) is 50.1 Å². The summed E-state index contributed by atoms with van der Waals surface area (Å²) in [6.07, 6.45) is 1.23. The van der Waals surface area contributed by atoms with Gasteiger partial charge in [-0.3, -0.25) is 0 Å². The number of hydrogen-bond donors (Lipinski definition) is 1. The molecule has 2 nitrogen and oxygen atoms in total. The summed E-state index contributed by atoms with van der Waals surface area (Å²) in [4.78, 5) is 2.29. The van der Waals surface area contributed by atoms with Crippen LogP contribution in [0, 0.1) is 5.92 Å². The first-order chi connectivity index (χ1) is 7.13. The fourth-order valence-electron chi connectivity index (χ4n) is 1.47. The number of benzene rings is 1. The number of hydrogen-bond acceptors (Lipinski definition) is 2. The van der Waals surface area contributed by atoms with E-state index in [1.165, 1.54) is 17.7 Å². The molecule has 0 amide bonds. The molecule has 0 aliphatic rings. The molecule has 15 heavy (non-hydrogen) atoms. The lowest BCUT2D eigenvalue weighted by Crippen LogP contribution is -2.19. The van der Waals surface area contributed by atoms with Crippen molar-refractivity contribution in [1.82, 2.24) is 0 Å². The van der Waals surface area contributed by atoms with Gasteiger partial charge < -0.3 is 10.6 Å². The fourth-order valence-corrected chi connectivity index (χ4v) is 1.47. The minimum absolute atomic E-state index is 0.621. The SMILES string of the molecule is CC(C)CCN(C)c1ccc(CN)cc1. The maximum atomic E-state index is 5.56. The van der Waals surface area contributed by atoms with Gasteiger partial charge in [-0.25, -0.2) is 0 Å². The van der Waals surface area contributed by atoms with Crippen molar-refractivity contribution in [3.8, 4) is 0 Å². The lowest BCUT2D eigenvalue weighted by atomic mass is 10.1. The second-order valence-electron chi connectivity index (χ2n) is 4.47. The van der Waals surface area contributed by atoms with Gasteiger partial charge in [0, 0.05) is 25.8 Å². The second-order valence-corrected chi connectivity index (χ2v) is 4.47. The Morgan fingerprint density at radius 3 is 2.27 bits per heavy atom. The molecular weight excluding hydrogens is 184 g/mol. The highest BCUT2D eigenvalue weighted by molar-refractivity contribution is 5.46. The summed E-state index contributed by atoms with van der Waals surface area (Å²) in [6, 6.07) is 8.48. The molecule has 0 radical (unpaired) electrons. The smallest absolute Gasteiger partial charge is 0.0363 e. The Balaban J connectivity index is 2.54. The third-order valence-corrected chi connectivity index (χ3v) is 2.65. The van der Waals surface area contributed by atoms with Crippen LogP contribution in [0.4, 0.5) is 5.69 Å². The van der Waals surface area contributed by atoms with Gasteiger partial charge in [-0.2, -0.15) is 0 Å². The quantitative estimate of drug-likeness (QED) is 0.802. The highest BCUT2D eigenvalue weighted by Gasteiger charge is 2.01. The van der Waals surface area contributed by atoms with E-state index in [-0.39, 0.29) is 0 Å². The van der Waals surface area contributed by atoms with Gasteiger partial charge in [0.2, 0.25) is 0 Å². The molecule has 0 saturated heterocycles. The predicted molar refractivity (Wildman–Crippen MR) is 67.1 cm³/mol. The molecule has 0 bridgehead atoms. The standard InChI is InChI=1S/C13H22N2/c1-11(2)8-9-15(3)13-6-4-12(10-14)5-7-13/h4-7,11H,8-10,14H2,1-3H3. The van der Waals surface area contributed by atoms with Crippen LogP contribution >= 0.6 is 0 Å². The molecule has 1 rings (SSSR count). The van der Waals surface area contributed by atoms with Crippen LogP contribution in [-0.4, -0.2) is 13.6 Å². The van der Waals surface area contributed by atoms with E-state index in [9.17, 15) is 0 Å². The minimum Gasteiger partial charge on any atom is -0.375 e. The van der Waals surface area contributed by atoms with Crippen molar-refractivity contribution in [3.63, 3.8) is 0 Å². The third-order valence-electron chi connectivity index (χ3n) is 2.65. The Hall–Kier alpha value is -1.02. The van der Waals surface area contributed by atoms with Crippen LogP contribution in [0.5, 0.6) is 0 Å². The van der Waals surface area contributed by atoms with Gasteiger partial charge in [-0.15, -0.1) is 0 Å². The van der Waals surface area contributed by atoms with Crippen molar-refractivity contribution in [1.29, 1.82) is 0 Å². The zero-order valence-corrected chi connectivity index (χ0v) is 10.0. The lowest BCUT2D eigenvalue weighted by molar-refractivity contribution is 0.585. The van der Waals surface area contributed by atoms with Gasteiger partial charge in [0.1, 0.15) is 0 Å². The molecule has 2 N–H and O–H groups in total. The topological polar surface area (TPSA) is 29.3 Å². The largest absolute Gasteiger partial charge is 0.375 e. The summed E-state index contributed by atoms with van der Waals surface area (Å²) in [5.74, 6) is 0.760. The van der Waals surface area contributed by atoms with E-state index in [1.54, 1.807) is 0 Å². The number of anilines is 1. The van der Waals surface area contributed by atoms with E-state index in [0.717, 1.165) is 12.5 Å². The Labute approximate surface area is 93.1 Å². The molecule has 0 unspecified atom stereocenters. The first-order valence-corrected chi connectivity index (χ1v) is 5.63. The Kier molecular flexibility index (Phi) is 4.63. The van der Waals surface area contributed by atoms with Gasteiger partial charge in [0.25, 0.3) is 0 Å². The van der Waals surface area contributed by atoms with Crippen molar-refractivity contribution in [2.45, 2.75) is 26.8 Å². The Morgan fingerprint density at radius 2 is 1.80 bits per heavy atom. The van der Waals surface area contributed by atoms with Crippen LogP contribution in [0.1, 0.15) is 25.8 Å². The van der Waals surface area contributed by atoms with Gasteiger partial charge >= 0.3 is 0 Å². The van der Waals surface area contributed by atoms with Crippen LogP contribution in [0.15, 0.2) is 24.3 Å². The minimum atomic E-state index is 0.621. The molecule has 0 aliphatic heterocycles. The summed E-state index contributed by atoms with van der Waals surface area (Å²) >= 11 is 0. The van der Waals surface area contributed by atoms with Crippen molar-refractivity contribution in [3.05, 3.63) is 29.8 Å². The summed E-state index contributed by atoms with van der Waals surface area (Å²) in [6.45, 7) is 6.24. The third kappa shape index (κ3) is 3.92. The van der Waals surface area contributed by atoms with Crippen LogP contribution in [0.25, 0.3) is 0 Å². The monoisotopic (exact) mass is 206 g/mol. The maximum Gasteiger partial charge on any atom is 0.0363 e. The normalized spacial score (nSPS) is 10.7. The molecule has 2 heteroatoms. The van der Waals surface area contributed by atoms with E-state index < -0.39 is 0 Å². The fraction of sp³-hybridized carbons (Fsp3) is 0.538. The van der Waals surface area contributed by atoms with Gasteiger partial charge in [-0.05, 0) is 30.0 Å². The van der Waals surface area contributed by atoms with Gasteiger partial charge in [-0.1, -0.05) is 26.0 Å². The zero-order chi connectivity index (χ0) is 11.3. The summed E-state index contributed by atoms with van der Waals surface area (Å²) < 4.78 is 0. The molecule has 1 aromatic carbocycles. The van der Waals surface area contributed by atoms with Gasteiger partial charge in [0.15, 0.2) is 0 Å². The Morgan fingerprint density at radius 1 is 1.20 bits per heavy atom. The molecule has 84 valence electrons. The maximum absolute atomic E-state index is 5.56. The van der Waals surface area contributed by atoms with E-state index in [1.807, 2.05) is 0 Å². The lowest BCUT2D eigenvalue weighted by Gasteiger charge is -2.20. The first-order valence-electron chi connectivity index (χ1n) is 5.63. The first kappa shape index (κ1) is 12.1. The van der Waals surface area contributed by atoms with Crippen molar-refractivity contribution in [2.24, 2.45) is 11.7 Å². The van der Waals surface area contributed by atoms with E-state index in [0.29, 0.717) is 6.54 Å². The highest BCUT2D eigenvalue weighted by atomic mass is 15.1. The molecule has 0 heterocycles. The predicted octanol–water partition coefficient (Wildman–Crippen LogP) is 2.63. The second kappa shape index (κ2) is 5.76. The average molecular weight is 206 g/mol. The average Bonchev–Trinajstić information content (AvgIpc) is 2.26.